The lowest BCUT2D eigenvalue weighted by molar-refractivity contribution is -0.0505. The Morgan fingerprint density at radius 1 is 1.10 bits per heavy atom. The number of halogens is 2. The lowest BCUT2D eigenvalue weighted by Gasteiger charge is -2.17. The first-order valence-corrected chi connectivity index (χ1v) is 7.50. The minimum absolute atomic E-state index is 0.0433. The maximum atomic E-state index is 12.5. The van der Waals surface area contributed by atoms with E-state index in [4.69, 9.17) is 5.73 Å². The van der Waals surface area contributed by atoms with Crippen molar-refractivity contribution >= 4 is 11.3 Å². The van der Waals surface area contributed by atoms with Crippen LogP contribution in [-0.4, -0.2) is 6.61 Å². The summed E-state index contributed by atoms with van der Waals surface area (Å²) in [6.45, 7) is 3.53. The maximum absolute atomic E-state index is 12.5. The minimum atomic E-state index is -2.85. The first-order chi connectivity index (χ1) is 9.79. The van der Waals surface area contributed by atoms with Gasteiger partial charge in [0.2, 0.25) is 0 Å². The number of para-hydroxylation sites is 1. The van der Waals surface area contributed by atoms with Crippen LogP contribution in [0.3, 0.4) is 0 Å². The number of ether oxygens (including phenoxy) is 1. The normalized spacial score (nSPS) is 13.5. The van der Waals surface area contributed by atoms with Crippen LogP contribution in [0.15, 0.2) is 36.4 Å². The molecule has 1 unspecified atom stereocenters. The summed E-state index contributed by atoms with van der Waals surface area (Å²) in [4.78, 5) is 2.14. The fourth-order valence-corrected chi connectivity index (χ4v) is 3.10. The highest BCUT2D eigenvalue weighted by Gasteiger charge is 2.21. The summed E-state index contributed by atoms with van der Waals surface area (Å²) < 4.78 is 29.5. The van der Waals surface area contributed by atoms with Crippen LogP contribution >= 0.6 is 11.3 Å². The topological polar surface area (TPSA) is 35.2 Å². The Kier molecular flexibility index (Phi) is 4.64. The molecular weight excluding hydrogens is 292 g/mol. The molecule has 0 fully saturated rings. The third-order valence-corrected chi connectivity index (χ3v) is 4.74. The van der Waals surface area contributed by atoms with Gasteiger partial charge in [-0.05, 0) is 23.6 Å². The van der Waals surface area contributed by atoms with Crippen LogP contribution in [0.1, 0.15) is 42.1 Å². The van der Waals surface area contributed by atoms with E-state index in [0.717, 1.165) is 4.88 Å². The second-order valence-electron chi connectivity index (χ2n) is 5.85. The van der Waals surface area contributed by atoms with Gasteiger partial charge >= 0.3 is 6.61 Å². The molecule has 0 bridgehead atoms. The quantitative estimate of drug-likeness (QED) is 0.888. The van der Waals surface area contributed by atoms with Crippen LogP contribution in [0.25, 0.3) is 0 Å². The number of rotatable bonds is 4. The Hall–Kier alpha value is -1.46. The highest BCUT2D eigenvalue weighted by molar-refractivity contribution is 7.12. The number of benzene rings is 1. The van der Waals surface area contributed by atoms with Crippen LogP contribution in [0.4, 0.5) is 8.78 Å². The number of hydrogen-bond acceptors (Lipinski definition) is 3. The number of hydrogen-bond donors (Lipinski definition) is 1. The van der Waals surface area contributed by atoms with Gasteiger partial charge in [0.05, 0.1) is 6.04 Å². The number of alkyl halides is 2. The lowest BCUT2D eigenvalue weighted by Crippen LogP contribution is -2.13. The van der Waals surface area contributed by atoms with Crippen LogP contribution in [0, 0.1) is 0 Å². The van der Waals surface area contributed by atoms with Gasteiger partial charge in [0.25, 0.3) is 0 Å². The van der Waals surface area contributed by atoms with Crippen molar-refractivity contribution in [3.63, 3.8) is 0 Å². The summed E-state index contributed by atoms with van der Waals surface area (Å²) in [5.74, 6) is 0.130. The predicted molar refractivity (Wildman–Crippen MR) is 82.1 cm³/mol. The molecule has 1 heterocycles. The molecule has 1 atom stereocenters. The third-order valence-electron chi connectivity index (χ3n) is 3.14. The molecule has 1 aromatic heterocycles. The summed E-state index contributed by atoms with van der Waals surface area (Å²) in [7, 11) is 0. The Balaban J connectivity index is 2.32. The fourth-order valence-electron chi connectivity index (χ4n) is 2.02. The van der Waals surface area contributed by atoms with E-state index in [1.54, 1.807) is 29.5 Å². The molecule has 21 heavy (non-hydrogen) atoms. The largest absolute Gasteiger partial charge is 0.434 e. The van der Waals surface area contributed by atoms with Gasteiger partial charge in [0, 0.05) is 15.3 Å². The zero-order chi connectivity index (χ0) is 15.6. The molecule has 0 aliphatic carbocycles. The van der Waals surface area contributed by atoms with E-state index in [0.29, 0.717) is 5.56 Å². The second-order valence-corrected chi connectivity index (χ2v) is 6.96. The van der Waals surface area contributed by atoms with Crippen molar-refractivity contribution in [2.45, 2.75) is 38.8 Å². The molecule has 0 aliphatic rings. The van der Waals surface area contributed by atoms with Gasteiger partial charge in [0.1, 0.15) is 5.75 Å². The van der Waals surface area contributed by atoms with Crippen molar-refractivity contribution < 1.29 is 13.5 Å². The molecule has 114 valence electrons. The summed E-state index contributed by atoms with van der Waals surface area (Å²) in [5, 5.41) is 0. The first-order valence-electron chi connectivity index (χ1n) is 6.68. The van der Waals surface area contributed by atoms with Crippen LogP contribution < -0.4 is 10.5 Å². The third kappa shape index (κ3) is 3.80. The van der Waals surface area contributed by atoms with Gasteiger partial charge in [-0.2, -0.15) is 8.78 Å². The molecule has 0 aliphatic heterocycles. The van der Waals surface area contributed by atoms with E-state index in [-0.39, 0.29) is 11.2 Å². The van der Waals surface area contributed by atoms with Crippen molar-refractivity contribution in [3.8, 4) is 5.75 Å². The van der Waals surface area contributed by atoms with Crippen LogP contribution in [-0.2, 0) is 5.41 Å². The van der Waals surface area contributed by atoms with Crippen molar-refractivity contribution in [1.82, 2.24) is 0 Å². The van der Waals surface area contributed by atoms with Crippen LogP contribution in [0.5, 0.6) is 5.75 Å². The molecule has 2 rings (SSSR count). The monoisotopic (exact) mass is 311 g/mol. The number of nitrogens with two attached hydrogens (primary N) is 1. The summed E-state index contributed by atoms with van der Waals surface area (Å²) in [6.07, 6.45) is 0. The summed E-state index contributed by atoms with van der Waals surface area (Å²) >= 11 is 1.60. The SMILES string of the molecule is CC(C)(C)c1ccc(C(N)c2ccccc2OC(F)F)s1. The van der Waals surface area contributed by atoms with E-state index >= 15 is 0 Å². The van der Waals surface area contributed by atoms with Gasteiger partial charge in [0.15, 0.2) is 0 Å². The van der Waals surface area contributed by atoms with Crippen molar-refractivity contribution in [2.75, 3.05) is 0 Å². The minimum Gasteiger partial charge on any atom is -0.434 e. The smallest absolute Gasteiger partial charge is 0.387 e. The highest BCUT2D eigenvalue weighted by atomic mass is 32.1. The molecule has 0 spiro atoms. The molecular formula is C16H19F2NOS. The summed E-state index contributed by atoms with van der Waals surface area (Å²) in [5.41, 5.74) is 6.85. The Labute approximate surface area is 127 Å². The molecule has 1 aromatic carbocycles. The zero-order valence-corrected chi connectivity index (χ0v) is 13.1. The van der Waals surface area contributed by atoms with Gasteiger partial charge in [-0.15, -0.1) is 11.3 Å². The lowest BCUT2D eigenvalue weighted by atomic mass is 9.95. The highest BCUT2D eigenvalue weighted by Crippen LogP contribution is 2.36. The Bertz CT molecular complexity index is 604. The molecule has 5 heteroatoms. The van der Waals surface area contributed by atoms with E-state index in [9.17, 15) is 8.78 Å². The Morgan fingerprint density at radius 2 is 1.76 bits per heavy atom. The summed E-state index contributed by atoms with van der Waals surface area (Å²) in [6, 6.07) is 10.2. The fraction of sp³-hybridized carbons (Fsp3) is 0.375. The molecule has 2 nitrogen and oxygen atoms in total. The first kappa shape index (κ1) is 15.9. The van der Waals surface area contributed by atoms with Gasteiger partial charge in [-0.25, -0.2) is 0 Å². The molecule has 0 saturated heterocycles. The van der Waals surface area contributed by atoms with Crippen LogP contribution in [0.2, 0.25) is 0 Å². The average Bonchev–Trinajstić information content (AvgIpc) is 2.87. The standard InChI is InChI=1S/C16H19F2NOS/c1-16(2,3)13-9-8-12(21-13)14(19)10-6-4-5-7-11(10)20-15(17)18/h4-9,14-15H,19H2,1-3H3. The molecule has 2 N–H and O–H groups in total. The van der Waals surface area contributed by atoms with Gasteiger partial charge < -0.3 is 10.5 Å². The van der Waals surface area contributed by atoms with Gasteiger partial charge in [-0.3, -0.25) is 0 Å². The van der Waals surface area contributed by atoms with E-state index in [1.165, 1.54) is 10.9 Å². The second kappa shape index (κ2) is 6.12. The van der Waals surface area contributed by atoms with E-state index in [1.807, 2.05) is 12.1 Å². The molecule has 0 radical (unpaired) electrons. The molecule has 0 amide bonds. The van der Waals surface area contributed by atoms with Crippen molar-refractivity contribution in [1.29, 1.82) is 0 Å². The zero-order valence-electron chi connectivity index (χ0n) is 12.3. The van der Waals surface area contributed by atoms with Gasteiger partial charge in [-0.1, -0.05) is 39.0 Å². The van der Waals surface area contributed by atoms with E-state index in [2.05, 4.69) is 25.5 Å². The maximum Gasteiger partial charge on any atom is 0.387 e. The van der Waals surface area contributed by atoms with Crippen molar-refractivity contribution in [2.24, 2.45) is 5.73 Å². The van der Waals surface area contributed by atoms with E-state index < -0.39 is 12.7 Å². The predicted octanol–water partition coefficient (Wildman–Crippen LogP) is 4.70. The average molecular weight is 311 g/mol. The molecule has 0 saturated carbocycles. The van der Waals surface area contributed by atoms with Crippen molar-refractivity contribution in [3.05, 3.63) is 51.7 Å². The molecule has 2 aromatic rings. The Morgan fingerprint density at radius 3 is 2.33 bits per heavy atom. The number of thiophene rings is 1.